The molecule has 0 fully saturated rings. The molecule has 1 aromatic carbocycles. The molecule has 0 atom stereocenters. The molecule has 4 nitrogen and oxygen atoms in total. The van der Waals surface area contributed by atoms with Gasteiger partial charge >= 0.3 is 0 Å². The van der Waals surface area contributed by atoms with Crippen LogP contribution < -0.4 is 0 Å². The predicted octanol–water partition coefficient (Wildman–Crippen LogP) is 1.85. The highest BCUT2D eigenvalue weighted by Gasteiger charge is 2.02. The molecular formula is C10H7N3O. The van der Waals surface area contributed by atoms with Gasteiger partial charge < -0.3 is 10.2 Å². The van der Waals surface area contributed by atoms with Gasteiger partial charge in [0.2, 0.25) is 0 Å². The number of nitrogens with one attached hydrogen (secondary N) is 1. The maximum atomic E-state index is 8.83. The van der Waals surface area contributed by atoms with Gasteiger partial charge in [0, 0.05) is 10.9 Å². The quantitative estimate of drug-likeness (QED) is 0.404. The van der Waals surface area contributed by atoms with Crippen molar-refractivity contribution in [2.24, 2.45) is 5.16 Å². The van der Waals surface area contributed by atoms with Crippen molar-refractivity contribution in [2.45, 2.75) is 0 Å². The van der Waals surface area contributed by atoms with Crippen LogP contribution in [-0.2, 0) is 0 Å². The van der Waals surface area contributed by atoms with Gasteiger partial charge in [0.15, 0.2) is 0 Å². The summed E-state index contributed by atoms with van der Waals surface area (Å²) < 4.78 is 0. The third-order valence-corrected chi connectivity index (χ3v) is 2.00. The highest BCUT2D eigenvalue weighted by Crippen LogP contribution is 2.18. The Balaban J connectivity index is 2.71. The zero-order valence-electron chi connectivity index (χ0n) is 7.23. The highest BCUT2D eigenvalue weighted by atomic mass is 16.4. The molecule has 0 aliphatic carbocycles. The van der Waals surface area contributed by atoms with Crippen LogP contribution in [0.15, 0.2) is 29.4 Å². The first kappa shape index (κ1) is 8.32. The molecule has 0 saturated heterocycles. The van der Waals surface area contributed by atoms with E-state index in [1.54, 1.807) is 18.2 Å². The minimum Gasteiger partial charge on any atom is -0.411 e. The number of nitriles is 1. The van der Waals surface area contributed by atoms with E-state index < -0.39 is 0 Å². The monoisotopic (exact) mass is 185 g/mol. The molecule has 0 saturated carbocycles. The van der Waals surface area contributed by atoms with Gasteiger partial charge in [-0.3, -0.25) is 0 Å². The minimum absolute atomic E-state index is 0.608. The molecule has 0 aliphatic rings. The first-order valence-electron chi connectivity index (χ1n) is 4.04. The maximum absolute atomic E-state index is 8.83. The van der Waals surface area contributed by atoms with E-state index in [0.29, 0.717) is 11.3 Å². The molecule has 2 aromatic rings. The van der Waals surface area contributed by atoms with Crippen molar-refractivity contribution in [2.75, 3.05) is 0 Å². The van der Waals surface area contributed by atoms with Gasteiger partial charge in [0.05, 0.1) is 23.5 Å². The van der Waals surface area contributed by atoms with Gasteiger partial charge in [-0.25, -0.2) is 0 Å². The molecule has 14 heavy (non-hydrogen) atoms. The van der Waals surface area contributed by atoms with Crippen LogP contribution in [0.3, 0.4) is 0 Å². The van der Waals surface area contributed by atoms with Crippen molar-refractivity contribution in [3.63, 3.8) is 0 Å². The number of aromatic amines is 1. The molecule has 4 heteroatoms. The van der Waals surface area contributed by atoms with Gasteiger partial charge in [-0.2, -0.15) is 5.26 Å². The summed E-state index contributed by atoms with van der Waals surface area (Å²) in [5, 5.41) is 20.9. The summed E-state index contributed by atoms with van der Waals surface area (Å²) in [5.74, 6) is 0. The number of aromatic nitrogens is 1. The van der Waals surface area contributed by atoms with Gasteiger partial charge in [0.25, 0.3) is 0 Å². The maximum Gasteiger partial charge on any atom is 0.0998 e. The molecular weight excluding hydrogens is 178 g/mol. The number of hydrogen-bond donors (Lipinski definition) is 2. The van der Waals surface area contributed by atoms with Crippen LogP contribution in [0.1, 0.15) is 11.3 Å². The van der Waals surface area contributed by atoms with Crippen molar-refractivity contribution in [3.05, 3.63) is 35.5 Å². The highest BCUT2D eigenvalue weighted by molar-refractivity contribution is 5.92. The Labute approximate surface area is 80.1 Å². The van der Waals surface area contributed by atoms with Crippen LogP contribution in [-0.4, -0.2) is 16.4 Å². The fraction of sp³-hybridized carbons (Fsp3) is 0. The molecule has 0 spiro atoms. The summed E-state index contributed by atoms with van der Waals surface area (Å²) in [5.41, 5.74) is 2.14. The first-order valence-corrected chi connectivity index (χ1v) is 4.04. The molecule has 68 valence electrons. The fourth-order valence-electron chi connectivity index (χ4n) is 1.41. The van der Waals surface area contributed by atoms with E-state index in [1.165, 1.54) is 6.21 Å². The van der Waals surface area contributed by atoms with E-state index in [1.807, 2.05) is 6.07 Å². The SMILES string of the molecule is N#Cc1cccc2[nH]c(C=NO)cc12. The average Bonchev–Trinajstić information content (AvgIpc) is 2.60. The summed E-state index contributed by atoms with van der Waals surface area (Å²) in [7, 11) is 0. The van der Waals surface area contributed by atoms with Gasteiger partial charge in [-0.15, -0.1) is 0 Å². The molecule has 2 rings (SSSR count). The summed E-state index contributed by atoms with van der Waals surface area (Å²) in [4.78, 5) is 3.01. The second-order valence-electron chi connectivity index (χ2n) is 2.85. The van der Waals surface area contributed by atoms with E-state index in [2.05, 4.69) is 16.2 Å². The van der Waals surface area contributed by atoms with E-state index in [-0.39, 0.29) is 0 Å². The largest absolute Gasteiger partial charge is 0.411 e. The van der Waals surface area contributed by atoms with Gasteiger partial charge in [-0.05, 0) is 18.2 Å². The number of fused-ring (bicyclic) bond motifs is 1. The lowest BCUT2D eigenvalue weighted by Crippen LogP contribution is -1.77. The fourth-order valence-corrected chi connectivity index (χ4v) is 1.41. The van der Waals surface area contributed by atoms with Crippen molar-refractivity contribution in [1.82, 2.24) is 4.98 Å². The topological polar surface area (TPSA) is 72.2 Å². The lowest BCUT2D eigenvalue weighted by atomic mass is 10.1. The molecule has 0 bridgehead atoms. The number of hydrogen-bond acceptors (Lipinski definition) is 3. The number of H-pyrrole nitrogens is 1. The zero-order valence-corrected chi connectivity index (χ0v) is 7.23. The van der Waals surface area contributed by atoms with Crippen molar-refractivity contribution in [3.8, 4) is 6.07 Å². The summed E-state index contributed by atoms with van der Waals surface area (Å²) in [6, 6.07) is 9.28. The minimum atomic E-state index is 0.608. The molecule has 0 amide bonds. The third-order valence-electron chi connectivity index (χ3n) is 2.00. The summed E-state index contributed by atoms with van der Waals surface area (Å²) in [6.07, 6.45) is 1.29. The van der Waals surface area contributed by atoms with E-state index in [9.17, 15) is 0 Å². The molecule has 0 aliphatic heterocycles. The normalized spacial score (nSPS) is 10.8. The number of oxime groups is 1. The summed E-state index contributed by atoms with van der Waals surface area (Å²) in [6.45, 7) is 0. The Hall–Kier alpha value is -2.28. The van der Waals surface area contributed by atoms with Crippen LogP contribution in [0.4, 0.5) is 0 Å². The molecule has 2 N–H and O–H groups in total. The number of benzene rings is 1. The molecule has 1 aromatic heterocycles. The standard InChI is InChI=1S/C10H7N3O/c11-5-7-2-1-3-10-9(7)4-8(13-10)6-12-14/h1-4,6,13-14H. The van der Waals surface area contributed by atoms with Gasteiger partial charge in [0.1, 0.15) is 0 Å². The van der Waals surface area contributed by atoms with Crippen LogP contribution >= 0.6 is 0 Å². The first-order chi connectivity index (χ1) is 6.85. The van der Waals surface area contributed by atoms with Crippen molar-refractivity contribution in [1.29, 1.82) is 5.26 Å². The van der Waals surface area contributed by atoms with E-state index in [4.69, 9.17) is 10.5 Å². The molecule has 1 heterocycles. The second kappa shape index (κ2) is 3.23. The number of nitrogens with zero attached hydrogens (tertiary/aromatic N) is 2. The lowest BCUT2D eigenvalue weighted by molar-refractivity contribution is 0.321. The van der Waals surface area contributed by atoms with Crippen molar-refractivity contribution < 1.29 is 5.21 Å². The lowest BCUT2D eigenvalue weighted by Gasteiger charge is -1.89. The zero-order chi connectivity index (χ0) is 9.97. The Morgan fingerprint density at radius 2 is 2.36 bits per heavy atom. The van der Waals surface area contributed by atoms with Crippen LogP contribution in [0.2, 0.25) is 0 Å². The Bertz CT molecular complexity index is 534. The molecule has 0 radical (unpaired) electrons. The van der Waals surface area contributed by atoms with Crippen LogP contribution in [0.5, 0.6) is 0 Å². The predicted molar refractivity (Wildman–Crippen MR) is 52.4 cm³/mol. The second-order valence-corrected chi connectivity index (χ2v) is 2.85. The summed E-state index contributed by atoms with van der Waals surface area (Å²) >= 11 is 0. The van der Waals surface area contributed by atoms with Crippen LogP contribution in [0.25, 0.3) is 10.9 Å². The smallest absolute Gasteiger partial charge is 0.0998 e. The Morgan fingerprint density at radius 3 is 3.07 bits per heavy atom. The third kappa shape index (κ3) is 1.21. The average molecular weight is 185 g/mol. The number of rotatable bonds is 1. The van der Waals surface area contributed by atoms with Gasteiger partial charge in [-0.1, -0.05) is 11.2 Å². The Kier molecular flexibility index (Phi) is 1.92. The van der Waals surface area contributed by atoms with E-state index in [0.717, 1.165) is 10.9 Å². The Morgan fingerprint density at radius 1 is 1.50 bits per heavy atom. The van der Waals surface area contributed by atoms with Crippen molar-refractivity contribution >= 4 is 17.1 Å². The van der Waals surface area contributed by atoms with Crippen LogP contribution in [0, 0.1) is 11.3 Å². The molecule has 0 unspecified atom stereocenters. The van der Waals surface area contributed by atoms with E-state index >= 15 is 0 Å².